The number of hydrogen-bond acceptors (Lipinski definition) is 14. The summed E-state index contributed by atoms with van der Waals surface area (Å²) < 4.78 is 66.6. The topological polar surface area (TPSA) is 148 Å². The highest BCUT2D eigenvalue weighted by atomic mass is 28.4. The first-order valence-corrected chi connectivity index (χ1v) is 22.0. The Morgan fingerprint density at radius 3 is 0.926 bits per heavy atom. The second kappa shape index (κ2) is 30.3. The van der Waals surface area contributed by atoms with E-state index in [1.807, 2.05) is 0 Å². The summed E-state index contributed by atoms with van der Waals surface area (Å²) in [4.78, 5) is 25.8. The highest BCUT2D eigenvalue weighted by Crippen LogP contribution is 2.36. The summed E-state index contributed by atoms with van der Waals surface area (Å²) in [5.74, 6) is -0.556. The first-order valence-electron chi connectivity index (χ1n) is 19.1. The third-order valence-electron chi connectivity index (χ3n) is 8.55. The lowest BCUT2D eigenvalue weighted by molar-refractivity contribution is -0.0278. The van der Waals surface area contributed by atoms with Gasteiger partial charge in [-0.1, -0.05) is 32.9 Å². The van der Waals surface area contributed by atoms with Crippen molar-refractivity contribution in [2.75, 3.05) is 159 Å². The Bertz CT molecular complexity index is 1070. The van der Waals surface area contributed by atoms with Crippen molar-refractivity contribution in [1.29, 1.82) is 0 Å². The van der Waals surface area contributed by atoms with Crippen molar-refractivity contribution in [2.45, 2.75) is 38.9 Å². The average Bonchev–Trinajstić information content (AvgIpc) is 3.39. The van der Waals surface area contributed by atoms with Gasteiger partial charge in [0.15, 0.2) is 8.32 Å². The highest BCUT2D eigenvalue weighted by Gasteiger charge is 2.37. The van der Waals surface area contributed by atoms with E-state index in [1.165, 1.54) is 4.90 Å². The minimum atomic E-state index is -1.71. The Hall–Kier alpha value is -1.90. The second-order valence-electron chi connectivity index (χ2n) is 13.7. The largest absolute Gasteiger partial charge is 0.414 e. The highest BCUT2D eigenvalue weighted by molar-refractivity contribution is 6.74. The Morgan fingerprint density at radius 1 is 0.426 bits per heavy atom. The fourth-order valence-electron chi connectivity index (χ4n) is 4.47. The number of benzene rings is 1. The average molecular weight is 790 g/mol. The van der Waals surface area contributed by atoms with Crippen molar-refractivity contribution in [3.63, 3.8) is 0 Å². The molecule has 1 heterocycles. The van der Waals surface area contributed by atoms with Gasteiger partial charge in [0.25, 0.3) is 11.8 Å². The summed E-state index contributed by atoms with van der Waals surface area (Å²) >= 11 is 0. The Labute approximate surface area is 323 Å². The van der Waals surface area contributed by atoms with Gasteiger partial charge in [0.05, 0.1) is 170 Å². The fourth-order valence-corrected chi connectivity index (χ4v) is 5.50. The molecule has 0 atom stereocenters. The number of imide groups is 1. The molecule has 312 valence electrons. The SMILES string of the molecule is CC(C)(C)[Si](C)(C)OCCOCCOCCOCCOCCOCCOCCOCCOCCOCCOCCOCCN1C(=O)c2ccccc2C1=O. The van der Waals surface area contributed by atoms with Crippen LogP contribution in [0.15, 0.2) is 24.3 Å². The fraction of sp³-hybridized carbons (Fsp3) is 0.789. The van der Waals surface area contributed by atoms with E-state index in [2.05, 4.69) is 33.9 Å². The molecule has 2 amide bonds. The number of ether oxygens (including phenoxy) is 11. The van der Waals surface area contributed by atoms with Gasteiger partial charge < -0.3 is 56.5 Å². The van der Waals surface area contributed by atoms with Crippen molar-refractivity contribution in [2.24, 2.45) is 0 Å². The van der Waals surface area contributed by atoms with E-state index in [4.69, 9.17) is 56.5 Å². The monoisotopic (exact) mass is 789 g/mol. The van der Waals surface area contributed by atoms with E-state index in [1.54, 1.807) is 24.3 Å². The molecule has 0 saturated carbocycles. The molecule has 16 heteroatoms. The van der Waals surface area contributed by atoms with Gasteiger partial charge in [-0.2, -0.15) is 0 Å². The van der Waals surface area contributed by atoms with Crippen LogP contribution < -0.4 is 0 Å². The molecule has 0 saturated heterocycles. The summed E-state index contributed by atoms with van der Waals surface area (Å²) in [6.07, 6.45) is 0. The van der Waals surface area contributed by atoms with Crippen LogP contribution >= 0.6 is 0 Å². The molecular weight excluding hydrogens is 722 g/mol. The third kappa shape index (κ3) is 22.0. The number of amides is 2. The van der Waals surface area contributed by atoms with Crippen LogP contribution in [0.1, 0.15) is 41.5 Å². The molecule has 54 heavy (non-hydrogen) atoms. The Kier molecular flexibility index (Phi) is 27.0. The molecule has 1 aromatic carbocycles. The summed E-state index contributed by atoms with van der Waals surface area (Å²) in [5.41, 5.74) is 0.883. The molecule has 0 bridgehead atoms. The van der Waals surface area contributed by atoms with Crippen LogP contribution in [-0.4, -0.2) is 184 Å². The quantitative estimate of drug-likeness (QED) is 0.0551. The molecule has 1 aromatic rings. The lowest BCUT2D eigenvalue weighted by Gasteiger charge is -2.36. The number of nitrogens with zero attached hydrogens (tertiary/aromatic N) is 1. The van der Waals surface area contributed by atoms with Crippen LogP contribution in [-0.2, 0) is 56.5 Å². The minimum absolute atomic E-state index is 0.210. The Balaban J connectivity index is 1.17. The lowest BCUT2D eigenvalue weighted by atomic mass is 10.1. The van der Waals surface area contributed by atoms with Crippen LogP contribution in [0, 0.1) is 0 Å². The first kappa shape index (κ1) is 48.2. The maximum absolute atomic E-state index is 12.3. The van der Waals surface area contributed by atoms with Gasteiger partial charge in [0.1, 0.15) is 0 Å². The number of rotatable bonds is 37. The van der Waals surface area contributed by atoms with Crippen molar-refractivity contribution in [1.82, 2.24) is 4.90 Å². The number of fused-ring (bicyclic) bond motifs is 1. The molecule has 1 aliphatic rings. The first-order chi connectivity index (χ1) is 26.1. The van der Waals surface area contributed by atoms with E-state index < -0.39 is 8.32 Å². The zero-order chi connectivity index (χ0) is 39.2. The van der Waals surface area contributed by atoms with Crippen molar-refractivity contribution in [3.05, 3.63) is 35.4 Å². The van der Waals surface area contributed by atoms with Gasteiger partial charge in [0.2, 0.25) is 0 Å². The summed E-state index contributed by atoms with van der Waals surface area (Å²) in [7, 11) is -1.71. The summed E-state index contributed by atoms with van der Waals surface area (Å²) in [6.45, 7) is 22.5. The standard InChI is InChI=1S/C38H67NO14Si/c1-38(2,3)54(4,5)53-33-32-52-31-30-51-29-28-50-27-26-49-25-24-48-23-22-47-21-20-46-19-18-45-17-16-44-15-14-43-13-12-42-11-10-39-36(40)34-8-6-7-9-35(34)37(39)41/h6-9H,10-33H2,1-5H3. The molecule has 0 unspecified atom stereocenters. The van der Waals surface area contributed by atoms with Crippen LogP contribution in [0.3, 0.4) is 0 Å². The molecular formula is C38H67NO14Si. The Morgan fingerprint density at radius 2 is 0.667 bits per heavy atom. The van der Waals surface area contributed by atoms with Crippen molar-refractivity contribution in [3.8, 4) is 0 Å². The van der Waals surface area contributed by atoms with Crippen molar-refractivity contribution < 1.29 is 66.1 Å². The van der Waals surface area contributed by atoms with E-state index >= 15 is 0 Å². The lowest BCUT2D eigenvalue weighted by Crippen LogP contribution is -2.41. The molecule has 0 fully saturated rings. The second-order valence-corrected chi connectivity index (χ2v) is 18.5. The van der Waals surface area contributed by atoms with Crippen LogP contribution in [0.2, 0.25) is 18.1 Å². The van der Waals surface area contributed by atoms with Crippen LogP contribution in [0.25, 0.3) is 0 Å². The van der Waals surface area contributed by atoms with Gasteiger partial charge in [-0.15, -0.1) is 0 Å². The summed E-state index contributed by atoms with van der Waals surface area (Å²) in [5, 5.41) is 0.210. The molecule has 0 spiro atoms. The maximum Gasteiger partial charge on any atom is 0.261 e. The predicted molar refractivity (Wildman–Crippen MR) is 204 cm³/mol. The minimum Gasteiger partial charge on any atom is -0.414 e. The van der Waals surface area contributed by atoms with Gasteiger partial charge in [0, 0.05) is 0 Å². The molecule has 15 nitrogen and oxygen atoms in total. The number of carbonyl (C=O) groups excluding carboxylic acids is 2. The third-order valence-corrected chi connectivity index (χ3v) is 13.1. The molecule has 0 N–H and O–H groups in total. The van der Waals surface area contributed by atoms with Crippen LogP contribution in [0.5, 0.6) is 0 Å². The summed E-state index contributed by atoms with van der Waals surface area (Å²) in [6, 6.07) is 6.82. The molecule has 0 radical (unpaired) electrons. The predicted octanol–water partition coefficient (Wildman–Crippen LogP) is 3.49. The number of hydrogen-bond donors (Lipinski definition) is 0. The van der Waals surface area contributed by atoms with Crippen LogP contribution in [0.4, 0.5) is 0 Å². The van der Waals surface area contributed by atoms with Gasteiger partial charge in [-0.3, -0.25) is 14.5 Å². The van der Waals surface area contributed by atoms with E-state index in [9.17, 15) is 9.59 Å². The smallest absolute Gasteiger partial charge is 0.261 e. The van der Waals surface area contributed by atoms with Crippen molar-refractivity contribution >= 4 is 20.1 Å². The molecule has 1 aliphatic heterocycles. The van der Waals surface area contributed by atoms with E-state index in [0.717, 1.165) is 0 Å². The normalized spacial score (nSPS) is 13.4. The van der Waals surface area contributed by atoms with E-state index in [0.29, 0.717) is 156 Å². The maximum atomic E-state index is 12.3. The zero-order valence-electron chi connectivity index (χ0n) is 33.4. The zero-order valence-corrected chi connectivity index (χ0v) is 34.4. The van der Waals surface area contributed by atoms with Gasteiger partial charge >= 0.3 is 0 Å². The molecule has 0 aliphatic carbocycles. The number of carbonyl (C=O) groups is 2. The van der Waals surface area contributed by atoms with E-state index in [-0.39, 0.29) is 30.0 Å². The molecule has 2 rings (SSSR count). The molecule has 0 aromatic heterocycles. The van der Waals surface area contributed by atoms with Gasteiger partial charge in [-0.05, 0) is 30.3 Å². The van der Waals surface area contributed by atoms with Gasteiger partial charge in [-0.25, -0.2) is 0 Å².